The highest BCUT2D eigenvalue weighted by molar-refractivity contribution is 7.89. The van der Waals surface area contributed by atoms with Crippen LogP contribution in [0.15, 0.2) is 11.2 Å². The Kier molecular flexibility index (Phi) is 4.56. The molecule has 15 heavy (non-hydrogen) atoms. The van der Waals surface area contributed by atoms with Crippen LogP contribution in [0.5, 0.6) is 0 Å². The van der Waals surface area contributed by atoms with Crippen molar-refractivity contribution >= 4 is 21.6 Å². The van der Waals surface area contributed by atoms with E-state index in [0.717, 1.165) is 12.8 Å². The fourth-order valence-corrected chi connectivity index (χ4v) is 2.27. The van der Waals surface area contributed by atoms with E-state index in [2.05, 4.69) is 14.7 Å². The van der Waals surface area contributed by atoms with Crippen molar-refractivity contribution in [3.8, 4) is 0 Å². The Balaban J connectivity index is 2.53. The molecule has 0 unspecified atom stereocenters. The van der Waals surface area contributed by atoms with Gasteiger partial charge in [0.25, 0.3) is 10.0 Å². The molecule has 1 aromatic rings. The highest BCUT2D eigenvalue weighted by atomic mass is 35.5. The van der Waals surface area contributed by atoms with Crippen molar-refractivity contribution in [2.24, 2.45) is 0 Å². The van der Waals surface area contributed by atoms with Crippen LogP contribution in [0.1, 0.15) is 18.7 Å². The molecule has 2 N–H and O–H groups in total. The molecule has 0 aliphatic carbocycles. The van der Waals surface area contributed by atoms with Gasteiger partial charge in [0.1, 0.15) is 5.82 Å². The summed E-state index contributed by atoms with van der Waals surface area (Å²) in [5.74, 6) is 1.13. The maximum Gasteiger partial charge on any atom is 0.257 e. The standard InChI is InChI=1S/C8H14ClN3O2S/c1-7-10-6-8(12-7)15(13,14)11-5-3-2-4-9/h6,11H,2-5H2,1H3,(H,10,12). The summed E-state index contributed by atoms with van der Waals surface area (Å²) >= 11 is 5.48. The molecule has 0 aliphatic rings. The number of H-pyrrole nitrogens is 1. The van der Waals surface area contributed by atoms with Gasteiger partial charge in [-0.15, -0.1) is 11.6 Å². The minimum Gasteiger partial charge on any atom is -0.332 e. The number of aryl methyl sites for hydroxylation is 1. The van der Waals surface area contributed by atoms with E-state index in [-0.39, 0.29) is 5.03 Å². The molecule has 5 nitrogen and oxygen atoms in total. The lowest BCUT2D eigenvalue weighted by molar-refractivity contribution is 0.575. The lowest BCUT2D eigenvalue weighted by Crippen LogP contribution is -2.25. The Morgan fingerprint density at radius 1 is 1.53 bits per heavy atom. The average Bonchev–Trinajstić information content (AvgIpc) is 2.60. The second kappa shape index (κ2) is 5.48. The van der Waals surface area contributed by atoms with Crippen molar-refractivity contribution in [2.45, 2.75) is 24.8 Å². The van der Waals surface area contributed by atoms with Crippen LogP contribution in [0, 0.1) is 6.92 Å². The number of rotatable bonds is 6. The van der Waals surface area contributed by atoms with Crippen LogP contribution in [0.2, 0.25) is 0 Å². The number of halogens is 1. The third-order valence-electron chi connectivity index (χ3n) is 1.82. The van der Waals surface area contributed by atoms with Crippen molar-refractivity contribution in [2.75, 3.05) is 12.4 Å². The van der Waals surface area contributed by atoms with Crippen LogP contribution in [0.3, 0.4) is 0 Å². The first-order valence-electron chi connectivity index (χ1n) is 4.63. The molecule has 0 radical (unpaired) electrons. The quantitative estimate of drug-likeness (QED) is 0.585. The Morgan fingerprint density at radius 2 is 2.27 bits per heavy atom. The Hall–Kier alpha value is -0.590. The summed E-state index contributed by atoms with van der Waals surface area (Å²) in [7, 11) is -3.43. The van der Waals surface area contributed by atoms with Gasteiger partial charge in [-0.2, -0.15) is 0 Å². The molecule has 0 amide bonds. The number of aromatic nitrogens is 2. The lowest BCUT2D eigenvalue weighted by Gasteiger charge is -2.03. The minimum absolute atomic E-state index is 0.103. The maximum atomic E-state index is 11.6. The molecule has 0 aromatic carbocycles. The number of imidazole rings is 1. The fraction of sp³-hybridized carbons (Fsp3) is 0.625. The number of hydrogen-bond donors (Lipinski definition) is 2. The Bertz CT molecular complexity index is 402. The lowest BCUT2D eigenvalue weighted by atomic mass is 10.3. The first-order valence-corrected chi connectivity index (χ1v) is 6.65. The molecule has 1 rings (SSSR count). The minimum atomic E-state index is -3.43. The monoisotopic (exact) mass is 251 g/mol. The van der Waals surface area contributed by atoms with Crippen molar-refractivity contribution in [3.63, 3.8) is 0 Å². The number of alkyl halides is 1. The van der Waals surface area contributed by atoms with Crippen molar-refractivity contribution < 1.29 is 8.42 Å². The highest BCUT2D eigenvalue weighted by Crippen LogP contribution is 2.04. The van der Waals surface area contributed by atoms with Crippen LogP contribution in [-0.4, -0.2) is 30.8 Å². The fourth-order valence-electron chi connectivity index (χ4n) is 1.04. The van der Waals surface area contributed by atoms with Crippen molar-refractivity contribution in [1.82, 2.24) is 14.7 Å². The summed E-state index contributed by atoms with van der Waals surface area (Å²) in [6.07, 6.45) is 2.83. The van der Waals surface area contributed by atoms with Gasteiger partial charge in [0.05, 0.1) is 6.20 Å². The van der Waals surface area contributed by atoms with Crippen LogP contribution < -0.4 is 4.72 Å². The number of unbranched alkanes of at least 4 members (excludes halogenated alkanes) is 1. The average molecular weight is 252 g/mol. The zero-order valence-electron chi connectivity index (χ0n) is 8.46. The summed E-state index contributed by atoms with van der Waals surface area (Å²) in [4.78, 5) is 6.50. The number of nitrogens with zero attached hydrogens (tertiary/aromatic N) is 1. The van der Waals surface area contributed by atoms with Crippen molar-refractivity contribution in [1.29, 1.82) is 0 Å². The molecule has 7 heteroatoms. The second-order valence-electron chi connectivity index (χ2n) is 3.13. The molecule has 0 aliphatic heterocycles. The molecule has 0 saturated heterocycles. The van der Waals surface area contributed by atoms with E-state index in [4.69, 9.17) is 11.6 Å². The van der Waals surface area contributed by atoms with E-state index in [0.29, 0.717) is 18.2 Å². The predicted octanol–water partition coefficient (Wildman–Crippen LogP) is 1.02. The van der Waals surface area contributed by atoms with Crippen LogP contribution >= 0.6 is 11.6 Å². The number of nitrogens with one attached hydrogen (secondary N) is 2. The largest absolute Gasteiger partial charge is 0.332 e. The van der Waals surface area contributed by atoms with Gasteiger partial charge in [0.2, 0.25) is 0 Å². The van der Waals surface area contributed by atoms with E-state index in [1.165, 1.54) is 6.20 Å². The maximum absolute atomic E-state index is 11.6. The predicted molar refractivity (Wildman–Crippen MR) is 58.5 cm³/mol. The van der Waals surface area contributed by atoms with Gasteiger partial charge in [0, 0.05) is 12.4 Å². The molecule has 86 valence electrons. The topological polar surface area (TPSA) is 74.8 Å². The molecule has 0 saturated carbocycles. The van der Waals surface area contributed by atoms with Crippen LogP contribution in [0.25, 0.3) is 0 Å². The van der Waals surface area contributed by atoms with Gasteiger partial charge in [-0.05, 0) is 19.8 Å². The Labute approximate surface area is 94.3 Å². The molecule has 1 heterocycles. The molecule has 0 spiro atoms. The van der Waals surface area contributed by atoms with Gasteiger partial charge in [0.15, 0.2) is 5.03 Å². The molecule has 1 aromatic heterocycles. The van der Waals surface area contributed by atoms with Crippen molar-refractivity contribution in [3.05, 3.63) is 12.0 Å². The van der Waals surface area contributed by atoms with E-state index in [1.807, 2.05) is 0 Å². The number of aromatic amines is 1. The van der Waals surface area contributed by atoms with Gasteiger partial charge in [-0.25, -0.2) is 18.1 Å². The SMILES string of the molecule is Cc1ncc(S(=O)(=O)NCCCCCl)[nH]1. The van der Waals surface area contributed by atoms with Gasteiger partial charge in [-0.3, -0.25) is 0 Å². The summed E-state index contributed by atoms with van der Waals surface area (Å²) in [6, 6.07) is 0. The smallest absolute Gasteiger partial charge is 0.257 e. The summed E-state index contributed by atoms with van der Waals surface area (Å²) in [5, 5.41) is 0.103. The highest BCUT2D eigenvalue weighted by Gasteiger charge is 2.15. The van der Waals surface area contributed by atoms with E-state index >= 15 is 0 Å². The molecule has 0 atom stereocenters. The molecular formula is C8H14ClN3O2S. The van der Waals surface area contributed by atoms with Crippen LogP contribution in [0.4, 0.5) is 0 Å². The molecule has 0 bridgehead atoms. The Morgan fingerprint density at radius 3 is 2.80 bits per heavy atom. The third kappa shape index (κ3) is 3.81. The third-order valence-corrected chi connectivity index (χ3v) is 3.46. The molecule has 0 fully saturated rings. The first kappa shape index (κ1) is 12.5. The summed E-state index contributed by atoms with van der Waals surface area (Å²) in [6.45, 7) is 2.10. The van der Waals surface area contributed by atoms with Gasteiger partial charge >= 0.3 is 0 Å². The van der Waals surface area contributed by atoms with Crippen LogP contribution in [-0.2, 0) is 10.0 Å². The van der Waals surface area contributed by atoms with E-state index in [9.17, 15) is 8.42 Å². The van der Waals surface area contributed by atoms with Gasteiger partial charge in [-0.1, -0.05) is 0 Å². The molecular weight excluding hydrogens is 238 g/mol. The van der Waals surface area contributed by atoms with Gasteiger partial charge < -0.3 is 4.98 Å². The number of sulfonamides is 1. The zero-order chi connectivity index (χ0) is 11.3. The normalized spacial score (nSPS) is 11.9. The summed E-state index contributed by atoms with van der Waals surface area (Å²) in [5.41, 5.74) is 0. The first-order chi connectivity index (χ1) is 7.06. The van der Waals surface area contributed by atoms with E-state index < -0.39 is 10.0 Å². The number of hydrogen-bond acceptors (Lipinski definition) is 3. The second-order valence-corrected chi connectivity index (χ2v) is 5.24. The zero-order valence-corrected chi connectivity index (χ0v) is 10.0. The summed E-state index contributed by atoms with van der Waals surface area (Å²) < 4.78 is 25.7. The van der Waals surface area contributed by atoms with E-state index in [1.54, 1.807) is 6.92 Å².